The highest BCUT2D eigenvalue weighted by Crippen LogP contribution is 2.33. The Morgan fingerprint density at radius 1 is 0.857 bits per heavy atom. The number of alkyl halides is 3. The van der Waals surface area contributed by atoms with Gasteiger partial charge in [-0.2, -0.15) is 13.2 Å². The molecule has 0 aromatic heterocycles. The molecule has 0 radical (unpaired) electrons. The maximum atomic E-state index is 12.7. The molecule has 3 rings (SSSR count). The van der Waals surface area contributed by atoms with Gasteiger partial charge >= 0.3 is 6.18 Å². The van der Waals surface area contributed by atoms with Gasteiger partial charge in [-0.15, -0.1) is 0 Å². The molecule has 1 atom stereocenters. The lowest BCUT2D eigenvalue weighted by molar-refractivity contribution is -0.137. The first kappa shape index (κ1) is 20.2. The minimum Gasteiger partial charge on any atom is -0.489 e. The molecular formula is C22H18ClF3O2. The second kappa shape index (κ2) is 7.86. The Labute approximate surface area is 166 Å². The van der Waals surface area contributed by atoms with Crippen molar-refractivity contribution in [2.75, 3.05) is 0 Å². The molecule has 3 aromatic rings. The molecule has 146 valence electrons. The zero-order valence-corrected chi connectivity index (χ0v) is 15.8. The molecule has 0 aliphatic heterocycles. The molecule has 0 bridgehead atoms. The van der Waals surface area contributed by atoms with Gasteiger partial charge in [-0.3, -0.25) is 0 Å². The van der Waals surface area contributed by atoms with Gasteiger partial charge in [0.05, 0.1) is 5.56 Å². The van der Waals surface area contributed by atoms with E-state index in [2.05, 4.69) is 0 Å². The van der Waals surface area contributed by atoms with Crippen molar-refractivity contribution in [2.45, 2.75) is 25.3 Å². The Morgan fingerprint density at radius 2 is 1.43 bits per heavy atom. The first-order valence-corrected chi connectivity index (χ1v) is 8.92. The van der Waals surface area contributed by atoms with Crippen LogP contribution in [0, 0.1) is 0 Å². The van der Waals surface area contributed by atoms with E-state index in [1.807, 2.05) is 12.1 Å². The van der Waals surface area contributed by atoms with E-state index >= 15 is 0 Å². The fourth-order valence-electron chi connectivity index (χ4n) is 2.95. The lowest BCUT2D eigenvalue weighted by atomic mass is 9.85. The molecule has 0 aliphatic carbocycles. The van der Waals surface area contributed by atoms with Gasteiger partial charge in [0.15, 0.2) is 0 Å². The standard InChI is InChI=1S/C22H18ClF3O2/c1-21(27,16-6-10-18(23)11-7-16)20-5-3-2-4-15(20)14-28-19-12-8-17(9-13-19)22(24,25)26/h2-13,27H,14H2,1H3. The van der Waals surface area contributed by atoms with Crippen molar-refractivity contribution in [2.24, 2.45) is 0 Å². The Morgan fingerprint density at radius 3 is 2.04 bits per heavy atom. The largest absolute Gasteiger partial charge is 0.489 e. The maximum absolute atomic E-state index is 12.7. The third-order valence-electron chi connectivity index (χ3n) is 4.52. The average Bonchev–Trinajstić information content (AvgIpc) is 2.66. The molecule has 28 heavy (non-hydrogen) atoms. The minimum atomic E-state index is -4.39. The van der Waals surface area contributed by atoms with Crippen molar-refractivity contribution in [3.8, 4) is 5.75 Å². The van der Waals surface area contributed by atoms with E-state index in [-0.39, 0.29) is 6.61 Å². The van der Waals surface area contributed by atoms with Crippen LogP contribution in [0.5, 0.6) is 5.75 Å². The maximum Gasteiger partial charge on any atom is 0.416 e. The molecule has 3 aromatic carbocycles. The second-order valence-corrected chi connectivity index (χ2v) is 6.98. The highest BCUT2D eigenvalue weighted by atomic mass is 35.5. The van der Waals surface area contributed by atoms with E-state index in [9.17, 15) is 18.3 Å². The number of rotatable bonds is 5. The van der Waals surface area contributed by atoms with Crippen molar-refractivity contribution < 1.29 is 23.0 Å². The third-order valence-corrected chi connectivity index (χ3v) is 4.78. The highest BCUT2D eigenvalue weighted by molar-refractivity contribution is 6.30. The van der Waals surface area contributed by atoms with E-state index in [1.54, 1.807) is 43.3 Å². The molecule has 6 heteroatoms. The Hall–Kier alpha value is -2.50. The molecule has 0 spiro atoms. The molecule has 0 saturated carbocycles. The molecule has 2 nitrogen and oxygen atoms in total. The van der Waals surface area contributed by atoms with Crippen molar-refractivity contribution in [3.63, 3.8) is 0 Å². The molecule has 1 N–H and O–H groups in total. The number of aliphatic hydroxyl groups is 1. The Balaban J connectivity index is 1.81. The van der Waals surface area contributed by atoms with Crippen LogP contribution in [-0.2, 0) is 18.4 Å². The lowest BCUT2D eigenvalue weighted by Gasteiger charge is -2.27. The summed E-state index contributed by atoms with van der Waals surface area (Å²) in [6.45, 7) is 1.78. The molecule has 0 saturated heterocycles. The minimum absolute atomic E-state index is 0.102. The van der Waals surface area contributed by atoms with E-state index < -0.39 is 17.3 Å². The zero-order chi connectivity index (χ0) is 20.4. The van der Waals surface area contributed by atoms with Gasteiger partial charge in [0.2, 0.25) is 0 Å². The smallest absolute Gasteiger partial charge is 0.416 e. The second-order valence-electron chi connectivity index (χ2n) is 6.55. The summed E-state index contributed by atoms with van der Waals surface area (Å²) in [5.41, 5.74) is 0.0152. The quantitative estimate of drug-likeness (QED) is 0.547. The van der Waals surface area contributed by atoms with Gasteiger partial charge < -0.3 is 9.84 Å². The Bertz CT molecular complexity index is 933. The molecule has 0 aliphatic rings. The van der Waals surface area contributed by atoms with Crippen LogP contribution in [-0.4, -0.2) is 5.11 Å². The summed E-state index contributed by atoms with van der Waals surface area (Å²) in [6.07, 6.45) is -4.39. The predicted molar refractivity (Wildman–Crippen MR) is 102 cm³/mol. The molecular weight excluding hydrogens is 389 g/mol. The summed E-state index contributed by atoms with van der Waals surface area (Å²) in [5.74, 6) is 0.314. The number of hydrogen-bond acceptors (Lipinski definition) is 2. The van der Waals surface area contributed by atoms with Crippen LogP contribution in [0.4, 0.5) is 13.2 Å². The lowest BCUT2D eigenvalue weighted by Crippen LogP contribution is -2.25. The molecule has 0 heterocycles. The van der Waals surface area contributed by atoms with Gasteiger partial charge in [0, 0.05) is 5.02 Å². The van der Waals surface area contributed by atoms with Crippen LogP contribution in [0.3, 0.4) is 0 Å². The van der Waals surface area contributed by atoms with Crippen molar-refractivity contribution >= 4 is 11.6 Å². The monoisotopic (exact) mass is 406 g/mol. The normalized spacial score (nSPS) is 13.8. The summed E-state index contributed by atoms with van der Waals surface area (Å²) < 4.78 is 43.6. The molecule has 0 fully saturated rings. The van der Waals surface area contributed by atoms with E-state index in [0.29, 0.717) is 21.9 Å². The van der Waals surface area contributed by atoms with Gasteiger partial charge in [-0.25, -0.2) is 0 Å². The summed E-state index contributed by atoms with van der Waals surface area (Å²) in [4.78, 5) is 0. The number of ether oxygens (including phenoxy) is 1. The summed E-state index contributed by atoms with van der Waals surface area (Å²) in [7, 11) is 0. The first-order chi connectivity index (χ1) is 13.2. The van der Waals surface area contributed by atoms with Crippen molar-refractivity contribution in [1.82, 2.24) is 0 Å². The predicted octanol–water partition coefficient (Wildman–Crippen LogP) is 6.19. The van der Waals surface area contributed by atoms with Crippen molar-refractivity contribution in [1.29, 1.82) is 0 Å². The topological polar surface area (TPSA) is 29.5 Å². The number of benzene rings is 3. The van der Waals surface area contributed by atoms with Crippen LogP contribution in [0.15, 0.2) is 72.8 Å². The average molecular weight is 407 g/mol. The van der Waals surface area contributed by atoms with E-state index in [4.69, 9.17) is 16.3 Å². The number of hydrogen-bond donors (Lipinski definition) is 1. The number of halogens is 4. The van der Waals surface area contributed by atoms with Crippen LogP contribution in [0.2, 0.25) is 5.02 Å². The SMILES string of the molecule is CC(O)(c1ccc(Cl)cc1)c1ccccc1COc1ccc(C(F)(F)F)cc1. The van der Waals surface area contributed by atoms with Gasteiger partial charge in [-0.1, -0.05) is 48.0 Å². The zero-order valence-electron chi connectivity index (χ0n) is 15.0. The fourth-order valence-corrected chi connectivity index (χ4v) is 3.08. The van der Waals surface area contributed by atoms with Gasteiger partial charge in [-0.05, 0) is 60.0 Å². The van der Waals surface area contributed by atoms with Crippen molar-refractivity contribution in [3.05, 3.63) is 100 Å². The van der Waals surface area contributed by atoms with E-state index in [1.165, 1.54) is 12.1 Å². The van der Waals surface area contributed by atoms with Crippen LogP contribution >= 0.6 is 11.6 Å². The first-order valence-electron chi connectivity index (χ1n) is 8.55. The summed E-state index contributed by atoms with van der Waals surface area (Å²) in [5, 5.41) is 11.7. The Kier molecular flexibility index (Phi) is 5.68. The molecule has 1 unspecified atom stereocenters. The van der Waals surface area contributed by atoms with Crippen LogP contribution in [0.25, 0.3) is 0 Å². The summed E-state index contributed by atoms with van der Waals surface area (Å²) >= 11 is 5.92. The van der Waals surface area contributed by atoms with Crippen LogP contribution < -0.4 is 4.74 Å². The molecule has 0 amide bonds. The van der Waals surface area contributed by atoms with Gasteiger partial charge in [0.1, 0.15) is 18.0 Å². The van der Waals surface area contributed by atoms with Crippen LogP contribution in [0.1, 0.15) is 29.2 Å². The third kappa shape index (κ3) is 4.49. The highest BCUT2D eigenvalue weighted by Gasteiger charge is 2.30. The fraction of sp³-hybridized carbons (Fsp3) is 0.182. The summed E-state index contributed by atoms with van der Waals surface area (Å²) in [6, 6.07) is 18.6. The van der Waals surface area contributed by atoms with Gasteiger partial charge in [0.25, 0.3) is 0 Å². The van der Waals surface area contributed by atoms with E-state index in [0.717, 1.165) is 17.7 Å².